The van der Waals surface area contributed by atoms with E-state index in [4.69, 9.17) is 9.15 Å². The Labute approximate surface area is 145 Å². The number of carbonyl (C=O) groups excluding carboxylic acids is 1. The fourth-order valence-electron chi connectivity index (χ4n) is 3.36. The van der Waals surface area contributed by atoms with Gasteiger partial charge in [-0.2, -0.15) is 0 Å². The molecule has 2 aromatic heterocycles. The van der Waals surface area contributed by atoms with Crippen LogP contribution in [0.25, 0.3) is 0 Å². The van der Waals surface area contributed by atoms with Crippen molar-refractivity contribution in [2.45, 2.75) is 38.3 Å². The zero-order valence-corrected chi connectivity index (χ0v) is 14.0. The number of aromatic nitrogens is 2. The van der Waals surface area contributed by atoms with Gasteiger partial charge in [0.05, 0.1) is 13.2 Å². The summed E-state index contributed by atoms with van der Waals surface area (Å²) in [6.07, 6.45) is 4.07. The predicted molar refractivity (Wildman–Crippen MR) is 87.9 cm³/mol. The number of pyridine rings is 1. The van der Waals surface area contributed by atoms with Crippen LogP contribution >= 0.6 is 0 Å². The molecule has 132 valence electrons. The first-order valence-electron chi connectivity index (χ1n) is 8.66. The molecule has 2 aliphatic rings. The molecule has 0 atom stereocenters. The van der Waals surface area contributed by atoms with E-state index in [0.717, 1.165) is 43.4 Å². The van der Waals surface area contributed by atoms with Crippen LogP contribution in [0, 0.1) is 0 Å². The van der Waals surface area contributed by atoms with Gasteiger partial charge in [0.1, 0.15) is 17.1 Å². The standard InChI is InChI=1S/C18H21N3O4/c22-11-12-1-5-19-14(9-12)18(23)21-6-2-16-15(10-21)20-17(25-16)13-3-7-24-8-4-13/h1,5,9,13,22H,2-4,6-8,10-11H2. The molecule has 0 spiro atoms. The first-order valence-corrected chi connectivity index (χ1v) is 8.66. The lowest BCUT2D eigenvalue weighted by atomic mass is 10.0. The molecule has 2 aliphatic heterocycles. The molecule has 0 aromatic carbocycles. The number of hydrogen-bond donors (Lipinski definition) is 1. The molecule has 1 amide bonds. The zero-order chi connectivity index (χ0) is 17.2. The third-order valence-electron chi connectivity index (χ3n) is 4.83. The van der Waals surface area contributed by atoms with Gasteiger partial charge < -0.3 is 19.2 Å². The quantitative estimate of drug-likeness (QED) is 0.912. The lowest BCUT2D eigenvalue weighted by molar-refractivity contribution is 0.0719. The van der Waals surface area contributed by atoms with E-state index in [-0.39, 0.29) is 12.5 Å². The highest BCUT2D eigenvalue weighted by Gasteiger charge is 2.29. The van der Waals surface area contributed by atoms with E-state index in [9.17, 15) is 9.90 Å². The maximum Gasteiger partial charge on any atom is 0.272 e. The molecule has 1 fully saturated rings. The van der Waals surface area contributed by atoms with E-state index < -0.39 is 0 Å². The Morgan fingerprint density at radius 1 is 1.36 bits per heavy atom. The molecule has 2 aromatic rings. The number of carbonyl (C=O) groups is 1. The fraction of sp³-hybridized carbons (Fsp3) is 0.500. The van der Waals surface area contributed by atoms with Gasteiger partial charge in [0.15, 0.2) is 5.89 Å². The number of fused-ring (bicyclic) bond motifs is 1. The molecule has 25 heavy (non-hydrogen) atoms. The maximum atomic E-state index is 12.7. The number of amides is 1. The number of rotatable bonds is 3. The topological polar surface area (TPSA) is 88.7 Å². The van der Waals surface area contributed by atoms with Crippen molar-refractivity contribution in [1.82, 2.24) is 14.9 Å². The van der Waals surface area contributed by atoms with E-state index in [1.54, 1.807) is 23.2 Å². The summed E-state index contributed by atoms with van der Waals surface area (Å²) in [6, 6.07) is 3.33. The average molecular weight is 343 g/mol. The molecule has 7 heteroatoms. The predicted octanol–water partition coefficient (Wildman–Crippen LogP) is 1.65. The van der Waals surface area contributed by atoms with Gasteiger partial charge in [-0.15, -0.1) is 0 Å². The third-order valence-corrected chi connectivity index (χ3v) is 4.83. The molecular weight excluding hydrogens is 322 g/mol. The highest BCUT2D eigenvalue weighted by atomic mass is 16.5. The van der Waals surface area contributed by atoms with Crippen molar-refractivity contribution < 1.29 is 19.1 Å². The van der Waals surface area contributed by atoms with Gasteiger partial charge in [0, 0.05) is 38.3 Å². The summed E-state index contributed by atoms with van der Waals surface area (Å²) < 4.78 is 11.4. The van der Waals surface area contributed by atoms with Gasteiger partial charge in [-0.3, -0.25) is 9.78 Å². The molecule has 0 unspecified atom stereocenters. The van der Waals surface area contributed by atoms with Crippen LogP contribution in [0.3, 0.4) is 0 Å². The monoisotopic (exact) mass is 343 g/mol. The Morgan fingerprint density at radius 3 is 3.00 bits per heavy atom. The van der Waals surface area contributed by atoms with Crippen LogP contribution in [-0.4, -0.2) is 45.6 Å². The van der Waals surface area contributed by atoms with Gasteiger partial charge in [-0.1, -0.05) is 0 Å². The average Bonchev–Trinajstić information content (AvgIpc) is 3.11. The SMILES string of the molecule is O=C(c1cc(CO)ccn1)N1CCc2oc(C3CCOCC3)nc2C1. The zero-order valence-electron chi connectivity index (χ0n) is 14.0. The van der Waals surface area contributed by atoms with Crippen LogP contribution in [0.15, 0.2) is 22.7 Å². The lowest BCUT2D eigenvalue weighted by Crippen LogP contribution is -2.36. The van der Waals surface area contributed by atoms with Crippen LogP contribution in [0.4, 0.5) is 0 Å². The number of aliphatic hydroxyl groups excluding tert-OH is 1. The van der Waals surface area contributed by atoms with E-state index in [2.05, 4.69) is 9.97 Å². The molecule has 0 aliphatic carbocycles. The largest absolute Gasteiger partial charge is 0.445 e. The molecule has 4 rings (SSSR count). The second-order valence-electron chi connectivity index (χ2n) is 6.49. The second-order valence-corrected chi connectivity index (χ2v) is 6.49. The Hall–Kier alpha value is -2.25. The molecule has 1 N–H and O–H groups in total. The van der Waals surface area contributed by atoms with Gasteiger partial charge in [-0.25, -0.2) is 4.98 Å². The molecule has 7 nitrogen and oxygen atoms in total. The van der Waals surface area contributed by atoms with E-state index >= 15 is 0 Å². The Bertz CT molecular complexity index is 767. The third kappa shape index (κ3) is 3.29. The van der Waals surface area contributed by atoms with Crippen LogP contribution in [-0.2, 0) is 24.3 Å². The molecule has 0 saturated carbocycles. The van der Waals surface area contributed by atoms with Crippen molar-refractivity contribution in [3.8, 4) is 0 Å². The summed E-state index contributed by atoms with van der Waals surface area (Å²) in [5.41, 5.74) is 1.88. The van der Waals surface area contributed by atoms with Crippen LogP contribution in [0.1, 0.15) is 52.2 Å². The van der Waals surface area contributed by atoms with Crippen molar-refractivity contribution in [1.29, 1.82) is 0 Å². The minimum absolute atomic E-state index is 0.106. The Kier molecular flexibility index (Phi) is 4.50. The van der Waals surface area contributed by atoms with Gasteiger partial charge in [0.2, 0.25) is 0 Å². The van der Waals surface area contributed by atoms with Gasteiger partial charge in [0.25, 0.3) is 5.91 Å². The number of oxazole rings is 1. The maximum absolute atomic E-state index is 12.7. The summed E-state index contributed by atoms with van der Waals surface area (Å²) in [5.74, 6) is 1.84. The first-order chi connectivity index (χ1) is 12.2. The Morgan fingerprint density at radius 2 is 2.20 bits per heavy atom. The van der Waals surface area contributed by atoms with Gasteiger partial charge >= 0.3 is 0 Å². The van der Waals surface area contributed by atoms with Crippen molar-refractivity contribution in [3.05, 3.63) is 46.9 Å². The van der Waals surface area contributed by atoms with Crippen molar-refractivity contribution in [2.24, 2.45) is 0 Å². The minimum atomic E-state index is -0.142. The number of aliphatic hydroxyl groups is 1. The molecule has 0 radical (unpaired) electrons. The van der Waals surface area contributed by atoms with E-state index in [1.165, 1.54) is 0 Å². The van der Waals surface area contributed by atoms with E-state index in [1.807, 2.05) is 0 Å². The highest BCUT2D eigenvalue weighted by Crippen LogP contribution is 2.30. The molecule has 1 saturated heterocycles. The molecular formula is C18H21N3O4. The van der Waals surface area contributed by atoms with Crippen LogP contribution < -0.4 is 0 Å². The van der Waals surface area contributed by atoms with Crippen LogP contribution in [0.5, 0.6) is 0 Å². The fourth-order valence-corrected chi connectivity index (χ4v) is 3.36. The second kappa shape index (κ2) is 6.93. The van der Waals surface area contributed by atoms with Crippen LogP contribution in [0.2, 0.25) is 0 Å². The number of hydrogen-bond acceptors (Lipinski definition) is 6. The smallest absolute Gasteiger partial charge is 0.272 e. The lowest BCUT2D eigenvalue weighted by Gasteiger charge is -2.25. The normalized spacial score (nSPS) is 18.2. The highest BCUT2D eigenvalue weighted by molar-refractivity contribution is 5.92. The van der Waals surface area contributed by atoms with Gasteiger partial charge in [-0.05, 0) is 30.5 Å². The van der Waals surface area contributed by atoms with Crippen molar-refractivity contribution >= 4 is 5.91 Å². The number of ether oxygens (including phenoxy) is 1. The summed E-state index contributed by atoms with van der Waals surface area (Å²) >= 11 is 0. The summed E-state index contributed by atoms with van der Waals surface area (Å²) in [6.45, 7) is 2.40. The summed E-state index contributed by atoms with van der Waals surface area (Å²) in [4.78, 5) is 23.2. The Balaban J connectivity index is 1.50. The molecule has 0 bridgehead atoms. The molecule has 4 heterocycles. The van der Waals surface area contributed by atoms with Crippen molar-refractivity contribution in [3.63, 3.8) is 0 Å². The minimum Gasteiger partial charge on any atom is -0.445 e. The summed E-state index contributed by atoms with van der Waals surface area (Å²) in [7, 11) is 0. The summed E-state index contributed by atoms with van der Waals surface area (Å²) in [5, 5.41) is 9.23. The van der Waals surface area contributed by atoms with E-state index in [0.29, 0.717) is 36.7 Å². The first kappa shape index (κ1) is 16.2. The van der Waals surface area contributed by atoms with Crippen molar-refractivity contribution in [2.75, 3.05) is 19.8 Å². The number of nitrogens with zero attached hydrogens (tertiary/aromatic N) is 3.